The Morgan fingerprint density at radius 1 is 0.658 bits per heavy atom. The van der Waals surface area contributed by atoms with Gasteiger partial charge in [0.15, 0.2) is 18.5 Å². The van der Waals surface area contributed by atoms with Gasteiger partial charge in [0.1, 0.15) is 37.1 Å². The second-order valence-electron chi connectivity index (χ2n) is 8.85. The van der Waals surface area contributed by atoms with Crippen LogP contribution in [0.4, 0.5) is 0 Å². The number of aliphatic hydroxyl groups excluding tert-OH is 2. The molecule has 0 aromatic carbocycles. The highest BCUT2D eigenvalue weighted by atomic mass is 16.8. The minimum atomic E-state index is -1.61. The largest absolute Gasteiger partial charge is 0.463 e. The Kier molecular flexibility index (Phi) is 11.4. The van der Waals surface area contributed by atoms with Crippen LogP contribution in [0.25, 0.3) is 0 Å². The van der Waals surface area contributed by atoms with Crippen molar-refractivity contribution in [1.82, 2.24) is 0 Å². The summed E-state index contributed by atoms with van der Waals surface area (Å²) in [6.07, 6.45) is -12.5. The Hall–Kier alpha value is -2.85. The smallest absolute Gasteiger partial charge is 0.304 e. The zero-order valence-electron chi connectivity index (χ0n) is 21.9. The van der Waals surface area contributed by atoms with Crippen LogP contribution in [0.5, 0.6) is 0 Å². The topological polar surface area (TPSA) is 200 Å². The molecule has 2 aliphatic heterocycles. The number of esters is 5. The third kappa shape index (κ3) is 8.33. The van der Waals surface area contributed by atoms with Crippen molar-refractivity contribution in [2.75, 3.05) is 13.2 Å². The number of carbonyl (C=O) groups excluding carboxylic acids is 5. The molecule has 2 saturated heterocycles. The first-order valence-electron chi connectivity index (χ1n) is 11.8. The zero-order chi connectivity index (χ0) is 28.7. The molecule has 0 saturated carbocycles. The molecule has 0 aromatic heterocycles. The summed E-state index contributed by atoms with van der Waals surface area (Å²) in [4.78, 5) is 58.8. The molecule has 15 heteroatoms. The van der Waals surface area contributed by atoms with E-state index in [1.807, 2.05) is 0 Å². The van der Waals surface area contributed by atoms with Gasteiger partial charge in [0.25, 0.3) is 0 Å². The van der Waals surface area contributed by atoms with Gasteiger partial charge in [-0.15, -0.1) is 0 Å². The molecular formula is C23H34O15. The van der Waals surface area contributed by atoms with Gasteiger partial charge in [-0.3, -0.25) is 24.0 Å². The molecule has 15 nitrogen and oxygen atoms in total. The summed E-state index contributed by atoms with van der Waals surface area (Å²) in [5, 5.41) is 20.3. The van der Waals surface area contributed by atoms with Crippen molar-refractivity contribution in [3.8, 4) is 0 Å². The monoisotopic (exact) mass is 550 g/mol. The highest BCUT2D eigenvalue weighted by Gasteiger charge is 2.54. The summed E-state index contributed by atoms with van der Waals surface area (Å²) in [6.45, 7) is 5.93. The van der Waals surface area contributed by atoms with Crippen LogP contribution in [0.1, 0.15) is 41.5 Å². The molecule has 2 N–H and O–H groups in total. The molecule has 0 spiro atoms. The van der Waals surface area contributed by atoms with Crippen molar-refractivity contribution in [3.63, 3.8) is 0 Å². The van der Waals surface area contributed by atoms with E-state index in [0.29, 0.717) is 0 Å². The molecule has 216 valence electrons. The summed E-state index contributed by atoms with van der Waals surface area (Å²) in [7, 11) is 0. The van der Waals surface area contributed by atoms with Crippen LogP contribution in [0.15, 0.2) is 0 Å². The van der Waals surface area contributed by atoms with E-state index in [-0.39, 0.29) is 0 Å². The average Bonchev–Trinajstić information content (AvgIpc) is 2.79. The molecule has 4 unspecified atom stereocenters. The fourth-order valence-corrected chi connectivity index (χ4v) is 4.15. The maximum absolute atomic E-state index is 12.0. The Morgan fingerprint density at radius 3 is 1.66 bits per heavy atom. The Morgan fingerprint density at radius 2 is 1.16 bits per heavy atom. The molecule has 0 amide bonds. The van der Waals surface area contributed by atoms with E-state index in [1.165, 1.54) is 0 Å². The van der Waals surface area contributed by atoms with E-state index >= 15 is 0 Å². The maximum Gasteiger partial charge on any atom is 0.304 e. The second kappa shape index (κ2) is 13.8. The van der Waals surface area contributed by atoms with E-state index in [4.69, 9.17) is 37.9 Å². The van der Waals surface area contributed by atoms with Gasteiger partial charge < -0.3 is 48.1 Å². The van der Waals surface area contributed by atoms with Crippen molar-refractivity contribution in [2.24, 2.45) is 5.92 Å². The van der Waals surface area contributed by atoms with Gasteiger partial charge in [-0.05, 0) is 0 Å². The van der Waals surface area contributed by atoms with Crippen molar-refractivity contribution >= 4 is 29.8 Å². The molecule has 0 bridgehead atoms. The van der Waals surface area contributed by atoms with Gasteiger partial charge in [-0.2, -0.15) is 0 Å². The summed E-state index contributed by atoms with van der Waals surface area (Å²) in [5.74, 6) is -4.58. The van der Waals surface area contributed by atoms with Crippen LogP contribution in [0, 0.1) is 5.92 Å². The predicted octanol–water partition coefficient (Wildman–Crippen LogP) is -1.27. The van der Waals surface area contributed by atoms with Gasteiger partial charge in [0.05, 0.1) is 12.5 Å². The minimum Gasteiger partial charge on any atom is -0.463 e. The fraction of sp³-hybridized carbons (Fsp3) is 0.783. The second-order valence-corrected chi connectivity index (χ2v) is 8.85. The molecule has 2 heterocycles. The fourth-order valence-electron chi connectivity index (χ4n) is 4.15. The van der Waals surface area contributed by atoms with Crippen molar-refractivity contribution in [1.29, 1.82) is 0 Å². The maximum atomic E-state index is 12.0. The van der Waals surface area contributed by atoms with E-state index in [0.717, 1.165) is 34.6 Å². The lowest BCUT2D eigenvalue weighted by atomic mass is 9.91. The number of carbonyl (C=O) groups is 5. The first-order chi connectivity index (χ1) is 17.7. The molecular weight excluding hydrogens is 516 g/mol. The molecule has 2 aliphatic rings. The number of hydrogen-bond acceptors (Lipinski definition) is 15. The number of rotatable bonds is 9. The quantitative estimate of drug-likeness (QED) is 0.254. The lowest BCUT2D eigenvalue weighted by molar-refractivity contribution is -0.351. The highest BCUT2D eigenvalue weighted by Crippen LogP contribution is 2.35. The normalized spacial score (nSPS) is 34.9. The summed E-state index contributed by atoms with van der Waals surface area (Å²) < 4.78 is 43.7. The zero-order valence-corrected chi connectivity index (χ0v) is 21.9. The molecule has 2 fully saturated rings. The third-order valence-corrected chi connectivity index (χ3v) is 5.68. The molecule has 2 rings (SSSR count). The Bertz CT molecular complexity index is 875. The molecule has 38 heavy (non-hydrogen) atoms. The Balaban J connectivity index is 2.50. The third-order valence-electron chi connectivity index (χ3n) is 5.68. The van der Waals surface area contributed by atoms with Crippen LogP contribution in [-0.4, -0.2) is 109 Å². The highest BCUT2D eigenvalue weighted by molar-refractivity contribution is 5.68. The van der Waals surface area contributed by atoms with Gasteiger partial charge in [0, 0.05) is 34.6 Å². The average molecular weight is 551 g/mol. The molecule has 0 radical (unpaired) electrons. The van der Waals surface area contributed by atoms with E-state index in [1.54, 1.807) is 6.92 Å². The van der Waals surface area contributed by atoms with Crippen LogP contribution in [0.2, 0.25) is 0 Å². The predicted molar refractivity (Wildman–Crippen MR) is 120 cm³/mol. The van der Waals surface area contributed by atoms with Gasteiger partial charge in [-0.1, -0.05) is 6.92 Å². The molecule has 0 aromatic rings. The number of aliphatic hydroxyl groups is 2. The van der Waals surface area contributed by atoms with Gasteiger partial charge in [0.2, 0.25) is 6.29 Å². The summed E-state index contributed by atoms with van der Waals surface area (Å²) in [6, 6.07) is 0. The SMILES string of the molecule is CC(=O)OCC1O[C@@H](OC(C)=O)C(C)[C@@H](OC(C)=O)[C@@H]1O[C@H]1OC(CO)[C@@H](O)[C@H](OC(C)=O)C1OC(C)=O. The van der Waals surface area contributed by atoms with E-state index in [2.05, 4.69) is 0 Å². The van der Waals surface area contributed by atoms with E-state index < -0.39 is 104 Å². The summed E-state index contributed by atoms with van der Waals surface area (Å²) in [5.41, 5.74) is 0. The van der Waals surface area contributed by atoms with Gasteiger partial charge >= 0.3 is 29.8 Å². The van der Waals surface area contributed by atoms with Crippen LogP contribution in [-0.2, 0) is 61.9 Å². The van der Waals surface area contributed by atoms with Crippen molar-refractivity contribution in [3.05, 3.63) is 0 Å². The number of hydrogen-bond donors (Lipinski definition) is 2. The Labute approximate surface area is 218 Å². The van der Waals surface area contributed by atoms with Crippen molar-refractivity contribution < 1.29 is 72.1 Å². The lowest BCUT2D eigenvalue weighted by Gasteiger charge is -2.48. The van der Waals surface area contributed by atoms with Crippen LogP contribution < -0.4 is 0 Å². The first kappa shape index (κ1) is 31.4. The standard InChI is InChI=1S/C23H34O15/c1-9-18(32-11(3)26)19(16(8-31-10(2)25)37-22(9)35-14(6)29)38-23-21(34-13(5)28)20(33-12(4)27)17(30)15(7-24)36-23/h9,15-24,30H,7-8H2,1-6H3/t9?,15?,16?,17-,18-,19-,20+,21?,22-,23-/m1/s1. The minimum absolute atomic E-state index is 0.438. The summed E-state index contributed by atoms with van der Waals surface area (Å²) >= 11 is 0. The molecule has 0 aliphatic carbocycles. The van der Waals surface area contributed by atoms with Crippen LogP contribution in [0.3, 0.4) is 0 Å². The van der Waals surface area contributed by atoms with E-state index in [9.17, 15) is 34.2 Å². The van der Waals surface area contributed by atoms with Gasteiger partial charge in [-0.25, -0.2) is 0 Å². The lowest BCUT2D eigenvalue weighted by Crippen LogP contribution is -2.65. The molecule has 10 atom stereocenters. The first-order valence-corrected chi connectivity index (χ1v) is 11.8. The number of ether oxygens (including phenoxy) is 8. The van der Waals surface area contributed by atoms with Crippen LogP contribution >= 0.6 is 0 Å². The van der Waals surface area contributed by atoms with Crippen molar-refractivity contribution in [2.45, 2.75) is 96.9 Å².